The Morgan fingerprint density at radius 1 is 1.11 bits per heavy atom. The van der Waals surface area contributed by atoms with Crippen molar-refractivity contribution < 1.29 is 0 Å². The number of nitriles is 2. The van der Waals surface area contributed by atoms with Gasteiger partial charge in [0.2, 0.25) is 0 Å². The minimum absolute atomic E-state index is 0.418. The summed E-state index contributed by atoms with van der Waals surface area (Å²) in [7, 11) is 0. The van der Waals surface area contributed by atoms with Crippen molar-refractivity contribution in [3.8, 4) is 12.1 Å². The second kappa shape index (κ2) is 6.60. The Morgan fingerprint density at radius 3 is 2.56 bits per heavy atom. The van der Waals surface area contributed by atoms with Crippen LogP contribution in [0.25, 0.3) is 16.6 Å². The lowest BCUT2D eigenvalue weighted by atomic mass is 9.80. The van der Waals surface area contributed by atoms with Gasteiger partial charge in [0, 0.05) is 40.8 Å². The van der Waals surface area contributed by atoms with Gasteiger partial charge in [0.15, 0.2) is 0 Å². The van der Waals surface area contributed by atoms with E-state index >= 15 is 0 Å². The summed E-state index contributed by atoms with van der Waals surface area (Å²) in [6.07, 6.45) is 5.01. The number of H-pyrrole nitrogens is 1. The molecule has 3 aromatic rings. The van der Waals surface area contributed by atoms with Crippen LogP contribution in [-0.2, 0) is 0 Å². The first kappa shape index (κ1) is 16.8. The van der Waals surface area contributed by atoms with Gasteiger partial charge in [-0.05, 0) is 36.8 Å². The van der Waals surface area contributed by atoms with Crippen LogP contribution in [-0.4, -0.2) is 19.6 Å². The topological polar surface area (TPSA) is 92.4 Å². The quantitative estimate of drug-likeness (QED) is 0.679. The molecule has 0 aliphatic carbocycles. The van der Waals surface area contributed by atoms with Crippen LogP contribution in [0.15, 0.2) is 65.8 Å². The largest absolute Gasteiger partial charge is 0.278 e. The van der Waals surface area contributed by atoms with E-state index in [1.54, 1.807) is 37.6 Å². The Labute approximate surface area is 160 Å². The molecule has 3 heterocycles. The van der Waals surface area contributed by atoms with Crippen molar-refractivity contribution in [2.24, 2.45) is 0 Å². The van der Waals surface area contributed by atoms with E-state index in [9.17, 15) is 10.5 Å². The molecular weight excluding hydrogens is 360 g/mol. The molecule has 0 saturated heterocycles. The number of allylic oxidation sites excluding steroid dienone is 3. The monoisotopic (exact) mass is 372 g/mol. The van der Waals surface area contributed by atoms with Gasteiger partial charge in [-0.3, -0.25) is 14.5 Å². The number of halogens is 1. The Kier molecular flexibility index (Phi) is 4.12. The summed E-state index contributed by atoms with van der Waals surface area (Å²) in [4.78, 5) is 4.03. The van der Waals surface area contributed by atoms with Crippen molar-refractivity contribution in [1.82, 2.24) is 19.6 Å². The highest BCUT2D eigenvalue weighted by atomic mass is 35.5. The first-order valence-electron chi connectivity index (χ1n) is 8.20. The average molecular weight is 373 g/mol. The number of rotatable bonds is 2. The SMILES string of the molecule is CC1=C(C#N)C(c2ccc3[nH]ncc3c2)C(C#N)=C(c2ccncc2)N1Cl. The number of hydrogen-bond donors (Lipinski definition) is 1. The van der Waals surface area contributed by atoms with Gasteiger partial charge in [-0.15, -0.1) is 0 Å². The molecule has 0 saturated carbocycles. The zero-order valence-electron chi connectivity index (χ0n) is 14.3. The van der Waals surface area contributed by atoms with Gasteiger partial charge < -0.3 is 0 Å². The maximum atomic E-state index is 9.99. The Morgan fingerprint density at radius 2 is 1.85 bits per heavy atom. The van der Waals surface area contributed by atoms with Gasteiger partial charge in [0.1, 0.15) is 0 Å². The molecule has 0 spiro atoms. The fraction of sp³-hybridized carbons (Fsp3) is 0.100. The van der Waals surface area contributed by atoms with Crippen molar-refractivity contribution in [2.75, 3.05) is 0 Å². The molecule has 7 heteroatoms. The minimum Gasteiger partial charge on any atom is -0.278 e. The van der Waals surface area contributed by atoms with Crippen molar-refractivity contribution in [2.45, 2.75) is 12.8 Å². The van der Waals surface area contributed by atoms with Crippen LogP contribution < -0.4 is 0 Å². The molecule has 1 aliphatic heterocycles. The van der Waals surface area contributed by atoms with Gasteiger partial charge in [0.05, 0.1) is 46.6 Å². The van der Waals surface area contributed by atoms with Crippen LogP contribution in [0.4, 0.5) is 0 Å². The van der Waals surface area contributed by atoms with E-state index in [2.05, 4.69) is 27.3 Å². The Bertz CT molecular complexity index is 1180. The number of pyridine rings is 1. The van der Waals surface area contributed by atoms with Crippen molar-refractivity contribution in [3.63, 3.8) is 0 Å². The number of hydrogen-bond acceptors (Lipinski definition) is 5. The average Bonchev–Trinajstić information content (AvgIpc) is 3.17. The standard InChI is InChI=1S/C20H13ClN6/c1-12-16(9-22)19(14-2-3-18-15(8-14)11-25-26-18)17(10-23)20(27(12)21)13-4-6-24-7-5-13/h2-8,11,19H,1H3,(H,25,26). The van der Waals surface area contributed by atoms with Crippen LogP contribution in [0.5, 0.6) is 0 Å². The van der Waals surface area contributed by atoms with E-state index in [1.807, 2.05) is 18.2 Å². The normalized spacial score (nSPS) is 17.2. The lowest BCUT2D eigenvalue weighted by molar-refractivity contribution is 0.710. The zero-order valence-corrected chi connectivity index (χ0v) is 15.1. The maximum absolute atomic E-state index is 9.99. The molecule has 1 aromatic carbocycles. The molecule has 6 nitrogen and oxygen atoms in total. The summed E-state index contributed by atoms with van der Waals surface area (Å²) < 4.78 is 1.39. The smallest absolute Gasteiger partial charge is 0.0980 e. The van der Waals surface area contributed by atoms with Crippen LogP contribution in [0, 0.1) is 22.7 Å². The first-order valence-corrected chi connectivity index (χ1v) is 8.54. The summed E-state index contributed by atoms with van der Waals surface area (Å²) in [5, 5.41) is 27.7. The van der Waals surface area contributed by atoms with E-state index < -0.39 is 5.92 Å². The summed E-state index contributed by atoms with van der Waals surface area (Å²) in [6, 6.07) is 13.9. The van der Waals surface area contributed by atoms with Crippen LogP contribution in [0.2, 0.25) is 0 Å². The van der Waals surface area contributed by atoms with Gasteiger partial charge >= 0.3 is 0 Å². The third-order valence-electron chi connectivity index (χ3n) is 4.71. The molecule has 1 N–H and O–H groups in total. The van der Waals surface area contributed by atoms with E-state index in [4.69, 9.17) is 11.8 Å². The maximum Gasteiger partial charge on any atom is 0.0980 e. The van der Waals surface area contributed by atoms with Crippen LogP contribution in [0.1, 0.15) is 24.0 Å². The highest BCUT2D eigenvalue weighted by Crippen LogP contribution is 2.45. The minimum atomic E-state index is -0.502. The third kappa shape index (κ3) is 2.64. The molecule has 1 atom stereocenters. The summed E-state index contributed by atoms with van der Waals surface area (Å²) in [5.74, 6) is -0.502. The highest BCUT2D eigenvalue weighted by Gasteiger charge is 2.35. The molecule has 1 aliphatic rings. The molecular formula is C20H13ClN6. The predicted octanol–water partition coefficient (Wildman–Crippen LogP) is 4.24. The van der Waals surface area contributed by atoms with Gasteiger partial charge in [-0.2, -0.15) is 15.6 Å². The molecule has 1 unspecified atom stereocenters. The van der Waals surface area contributed by atoms with E-state index in [1.165, 1.54) is 4.42 Å². The first-order chi connectivity index (χ1) is 13.2. The second-order valence-electron chi connectivity index (χ2n) is 6.15. The van der Waals surface area contributed by atoms with Gasteiger partial charge in [0.25, 0.3) is 0 Å². The van der Waals surface area contributed by atoms with E-state index in [0.717, 1.165) is 22.0 Å². The van der Waals surface area contributed by atoms with Gasteiger partial charge in [-0.25, -0.2) is 0 Å². The number of aromatic amines is 1. The van der Waals surface area contributed by atoms with Gasteiger partial charge in [-0.1, -0.05) is 6.07 Å². The van der Waals surface area contributed by atoms with E-state index in [-0.39, 0.29) is 0 Å². The number of nitrogens with one attached hydrogen (secondary N) is 1. The molecule has 0 amide bonds. The van der Waals surface area contributed by atoms with E-state index in [0.29, 0.717) is 22.5 Å². The predicted molar refractivity (Wildman–Crippen MR) is 102 cm³/mol. The lowest BCUT2D eigenvalue weighted by Gasteiger charge is -2.32. The zero-order chi connectivity index (χ0) is 19.0. The second-order valence-corrected chi connectivity index (χ2v) is 6.49. The molecule has 27 heavy (non-hydrogen) atoms. The van der Waals surface area contributed by atoms with Crippen LogP contribution in [0.3, 0.4) is 0 Å². The summed E-state index contributed by atoms with van der Waals surface area (Å²) in [6.45, 7) is 1.78. The highest BCUT2D eigenvalue weighted by molar-refractivity contribution is 6.19. The van der Waals surface area contributed by atoms with Crippen LogP contribution >= 0.6 is 11.8 Å². The van der Waals surface area contributed by atoms with Crippen molar-refractivity contribution >= 4 is 28.4 Å². The Hall–Kier alpha value is -3.61. The van der Waals surface area contributed by atoms with Crippen molar-refractivity contribution in [1.29, 1.82) is 10.5 Å². The fourth-order valence-electron chi connectivity index (χ4n) is 3.38. The molecule has 4 rings (SSSR count). The molecule has 0 radical (unpaired) electrons. The summed E-state index contributed by atoms with van der Waals surface area (Å²) in [5.41, 5.74) is 4.53. The number of fused-ring (bicyclic) bond motifs is 1. The summed E-state index contributed by atoms with van der Waals surface area (Å²) >= 11 is 6.53. The molecule has 130 valence electrons. The number of benzene rings is 1. The third-order valence-corrected chi connectivity index (χ3v) is 5.13. The molecule has 2 aromatic heterocycles. The fourth-order valence-corrected chi connectivity index (χ4v) is 3.66. The Balaban J connectivity index is 1.99. The lowest BCUT2D eigenvalue weighted by Crippen LogP contribution is -2.23. The molecule has 0 bridgehead atoms. The number of aromatic nitrogens is 3. The van der Waals surface area contributed by atoms with Crippen molar-refractivity contribution in [3.05, 3.63) is 76.9 Å². The number of nitrogens with zero attached hydrogens (tertiary/aromatic N) is 5. The molecule has 0 fully saturated rings.